The molecule has 1 heterocycles. The number of carbonyl (C=O) groups is 3. The van der Waals surface area contributed by atoms with E-state index in [0.717, 1.165) is 63.2 Å². The third-order valence-electron chi connectivity index (χ3n) is 8.76. The summed E-state index contributed by atoms with van der Waals surface area (Å²) in [6, 6.07) is 31.8. The molecule has 4 aromatic carbocycles. The van der Waals surface area contributed by atoms with Gasteiger partial charge in [0.25, 0.3) is 0 Å². The number of amides is 2. The molecule has 1 aliphatic rings. The van der Waals surface area contributed by atoms with E-state index in [-0.39, 0.29) is 37.0 Å². The van der Waals surface area contributed by atoms with Crippen LogP contribution in [0.5, 0.6) is 0 Å². The number of aliphatic carboxylic acids is 1. The minimum atomic E-state index is -0.782. The molecule has 0 bridgehead atoms. The van der Waals surface area contributed by atoms with Crippen molar-refractivity contribution in [2.75, 3.05) is 11.1 Å². The van der Waals surface area contributed by atoms with Crippen LogP contribution in [0.4, 0.5) is 5.69 Å². The van der Waals surface area contributed by atoms with Crippen molar-refractivity contribution in [3.8, 4) is 11.1 Å². The van der Waals surface area contributed by atoms with Crippen LogP contribution in [-0.2, 0) is 37.0 Å². The van der Waals surface area contributed by atoms with Gasteiger partial charge in [-0.3, -0.25) is 14.4 Å². The molecule has 0 saturated carbocycles. The van der Waals surface area contributed by atoms with E-state index >= 15 is 0 Å². The van der Waals surface area contributed by atoms with E-state index in [1.165, 1.54) is 6.92 Å². The zero-order valence-electron chi connectivity index (χ0n) is 28.9. The van der Waals surface area contributed by atoms with Gasteiger partial charge in [-0.15, -0.1) is 11.8 Å². The third kappa shape index (κ3) is 11.8. The Hall–Kier alpha value is -4.48. The predicted octanol–water partition coefficient (Wildman–Crippen LogP) is 8.18. The van der Waals surface area contributed by atoms with Crippen LogP contribution in [0.25, 0.3) is 11.1 Å². The smallest absolute Gasteiger partial charge is 0.303 e. The minimum Gasteiger partial charge on any atom is -0.481 e. The Morgan fingerprint density at radius 3 is 2.18 bits per heavy atom. The van der Waals surface area contributed by atoms with E-state index in [9.17, 15) is 19.5 Å². The van der Waals surface area contributed by atoms with Crippen LogP contribution in [0.15, 0.2) is 102 Å². The molecule has 0 aliphatic carbocycles. The topological polar surface area (TPSA) is 134 Å². The molecule has 1 saturated heterocycles. The molecule has 3 atom stereocenters. The fraction of sp³-hybridized carbons (Fsp3) is 0.341. The number of aliphatic hydroxyl groups is 1. The standard InChI is InChI=1S/C41H46N2O7S/c1-28(45)43-34-20-22-36(23-21-34)51-27-35-24-38(31-14-12-29(26-44)13-15-31)50-41(49-35)32-18-16-30(17-19-32)37-9-7-6-8-33(37)25-42-39(46)10-4-2-3-5-11-40(47)48/h6-9,12-23,35,38,41,44H,2-5,10-11,24-27H2,1H3,(H,42,46)(H,43,45)(H,47,48)/t35-,38+,41+/m0/s1. The van der Waals surface area contributed by atoms with E-state index in [1.54, 1.807) is 11.8 Å². The van der Waals surface area contributed by atoms with Crippen LogP contribution in [0.3, 0.4) is 0 Å². The highest BCUT2D eigenvalue weighted by atomic mass is 32.2. The maximum atomic E-state index is 12.5. The highest BCUT2D eigenvalue weighted by molar-refractivity contribution is 7.99. The number of carboxylic acid groups (broad SMARTS) is 1. The lowest BCUT2D eigenvalue weighted by atomic mass is 9.97. The first-order chi connectivity index (χ1) is 24.8. The molecule has 4 aromatic rings. The van der Waals surface area contributed by atoms with Gasteiger partial charge in [-0.25, -0.2) is 0 Å². The molecule has 1 fully saturated rings. The Balaban J connectivity index is 1.23. The molecule has 10 heteroatoms. The number of benzene rings is 4. The van der Waals surface area contributed by atoms with Crippen molar-refractivity contribution in [3.63, 3.8) is 0 Å². The Kier molecular flexibility index (Phi) is 14.2. The lowest BCUT2D eigenvalue weighted by Crippen LogP contribution is -2.31. The second-order valence-electron chi connectivity index (χ2n) is 12.7. The zero-order valence-corrected chi connectivity index (χ0v) is 29.7. The summed E-state index contributed by atoms with van der Waals surface area (Å²) >= 11 is 1.70. The molecule has 1 aliphatic heterocycles. The molecule has 2 amide bonds. The van der Waals surface area contributed by atoms with Crippen LogP contribution < -0.4 is 10.6 Å². The molecule has 5 rings (SSSR count). The fourth-order valence-electron chi connectivity index (χ4n) is 6.02. The van der Waals surface area contributed by atoms with Crippen molar-refractivity contribution in [3.05, 3.63) is 119 Å². The van der Waals surface area contributed by atoms with Crippen LogP contribution in [0, 0.1) is 0 Å². The molecule has 4 N–H and O–H groups in total. The molecule has 0 spiro atoms. The third-order valence-corrected chi connectivity index (χ3v) is 9.90. The van der Waals surface area contributed by atoms with Crippen molar-refractivity contribution in [1.29, 1.82) is 0 Å². The Bertz CT molecular complexity index is 1730. The summed E-state index contributed by atoms with van der Waals surface area (Å²) < 4.78 is 13.1. The lowest BCUT2D eigenvalue weighted by molar-refractivity contribution is -0.245. The van der Waals surface area contributed by atoms with Crippen molar-refractivity contribution in [2.24, 2.45) is 0 Å². The number of ether oxygens (including phenoxy) is 2. The van der Waals surface area contributed by atoms with E-state index in [4.69, 9.17) is 14.6 Å². The van der Waals surface area contributed by atoms with E-state index in [0.29, 0.717) is 31.6 Å². The Morgan fingerprint density at radius 1 is 0.804 bits per heavy atom. The van der Waals surface area contributed by atoms with Crippen LogP contribution >= 0.6 is 11.8 Å². The van der Waals surface area contributed by atoms with E-state index in [1.807, 2.05) is 78.9 Å². The zero-order chi connectivity index (χ0) is 36.0. The monoisotopic (exact) mass is 710 g/mol. The highest BCUT2D eigenvalue weighted by Crippen LogP contribution is 2.40. The molecular formula is C41H46N2O7S. The van der Waals surface area contributed by atoms with Gasteiger partial charge in [-0.2, -0.15) is 0 Å². The minimum absolute atomic E-state index is 0.0136. The van der Waals surface area contributed by atoms with Gasteiger partial charge in [0.15, 0.2) is 6.29 Å². The maximum Gasteiger partial charge on any atom is 0.303 e. The average molecular weight is 711 g/mol. The molecule has 0 unspecified atom stereocenters. The number of anilines is 1. The SMILES string of the molecule is CC(=O)Nc1ccc(SC[C@@H]2C[C@H](c3ccc(CO)cc3)O[C@H](c3ccc(-c4ccccc4CNC(=O)CCCCCCC(=O)O)cc3)O2)cc1. The number of aliphatic hydroxyl groups excluding tert-OH is 1. The number of hydrogen-bond donors (Lipinski definition) is 4. The number of thioether (sulfide) groups is 1. The number of unbranched alkanes of at least 4 members (excludes halogenated alkanes) is 3. The molecular weight excluding hydrogens is 665 g/mol. The summed E-state index contributed by atoms with van der Waals surface area (Å²) in [5.41, 5.74) is 6.60. The van der Waals surface area contributed by atoms with E-state index in [2.05, 4.69) is 28.8 Å². The summed E-state index contributed by atoms with van der Waals surface area (Å²) in [6.45, 7) is 1.89. The lowest BCUT2D eigenvalue weighted by Gasteiger charge is -2.36. The summed E-state index contributed by atoms with van der Waals surface area (Å²) in [4.78, 5) is 35.7. The van der Waals surface area contributed by atoms with Crippen molar-refractivity contribution in [2.45, 2.75) is 88.4 Å². The van der Waals surface area contributed by atoms with Gasteiger partial charge < -0.3 is 30.3 Å². The first-order valence-corrected chi connectivity index (χ1v) is 18.4. The first-order valence-electron chi connectivity index (χ1n) is 17.4. The summed E-state index contributed by atoms with van der Waals surface area (Å²) in [6.07, 6.45) is 3.41. The summed E-state index contributed by atoms with van der Waals surface area (Å²) in [5.74, 6) is -0.185. The number of nitrogens with one attached hydrogen (secondary N) is 2. The van der Waals surface area contributed by atoms with Gasteiger partial charge in [0.1, 0.15) is 0 Å². The van der Waals surface area contributed by atoms with Crippen molar-refractivity contribution in [1.82, 2.24) is 5.32 Å². The van der Waals surface area contributed by atoms with Gasteiger partial charge >= 0.3 is 5.97 Å². The fourth-order valence-corrected chi connectivity index (χ4v) is 6.94. The average Bonchev–Trinajstić information content (AvgIpc) is 3.15. The van der Waals surface area contributed by atoms with Crippen molar-refractivity contribution >= 4 is 35.2 Å². The highest BCUT2D eigenvalue weighted by Gasteiger charge is 2.32. The number of carboxylic acids is 1. The van der Waals surface area contributed by atoms with E-state index < -0.39 is 12.3 Å². The number of hydrogen-bond acceptors (Lipinski definition) is 7. The summed E-state index contributed by atoms with van der Waals surface area (Å²) in [5, 5.41) is 24.2. The second kappa shape index (κ2) is 19.2. The molecule has 9 nitrogen and oxygen atoms in total. The number of carbonyl (C=O) groups excluding carboxylic acids is 2. The second-order valence-corrected chi connectivity index (χ2v) is 13.8. The Labute approximate surface area is 303 Å². The first kappa shape index (κ1) is 37.8. The molecule has 268 valence electrons. The quantitative estimate of drug-likeness (QED) is 0.0637. The van der Waals surface area contributed by atoms with Gasteiger partial charge in [0.2, 0.25) is 11.8 Å². The van der Waals surface area contributed by atoms with Gasteiger partial charge in [-0.05, 0) is 64.9 Å². The van der Waals surface area contributed by atoms with Gasteiger partial charge in [0.05, 0.1) is 18.8 Å². The normalized spacial score (nSPS) is 17.1. The predicted molar refractivity (Wildman–Crippen MR) is 199 cm³/mol. The molecule has 0 radical (unpaired) electrons. The van der Waals surface area contributed by atoms with Crippen molar-refractivity contribution < 1.29 is 34.1 Å². The van der Waals surface area contributed by atoms with Crippen LogP contribution in [-0.4, -0.2) is 39.9 Å². The van der Waals surface area contributed by atoms with Gasteiger partial charge in [0, 0.05) is 54.6 Å². The number of rotatable bonds is 17. The van der Waals surface area contributed by atoms with Gasteiger partial charge in [-0.1, -0.05) is 85.6 Å². The Morgan fingerprint density at radius 2 is 1.49 bits per heavy atom. The maximum absolute atomic E-state index is 12.5. The largest absolute Gasteiger partial charge is 0.481 e. The summed E-state index contributed by atoms with van der Waals surface area (Å²) in [7, 11) is 0. The van der Waals surface area contributed by atoms with Crippen LogP contribution in [0.1, 0.15) is 86.5 Å². The van der Waals surface area contributed by atoms with Crippen LogP contribution in [0.2, 0.25) is 0 Å². The molecule has 51 heavy (non-hydrogen) atoms. The molecule has 0 aromatic heterocycles.